The van der Waals surface area contributed by atoms with Gasteiger partial charge in [0.1, 0.15) is 5.82 Å². The second-order valence-corrected chi connectivity index (χ2v) is 14.2. The van der Waals surface area contributed by atoms with Crippen LogP contribution in [0.25, 0.3) is 11.1 Å². The van der Waals surface area contributed by atoms with Crippen molar-refractivity contribution in [1.29, 1.82) is 0 Å². The van der Waals surface area contributed by atoms with Gasteiger partial charge in [-0.25, -0.2) is 0 Å². The highest BCUT2D eigenvalue weighted by atomic mass is 79.9. The van der Waals surface area contributed by atoms with Gasteiger partial charge in [0.2, 0.25) is 0 Å². The number of likely N-dealkylation sites (N-methyl/N-ethyl adjacent to an activating group) is 1. The normalized spacial score (nSPS) is 18.9. The second-order valence-electron chi connectivity index (χ2n) is 13.4. The monoisotopic (exact) mass is 697 g/mol. The van der Waals surface area contributed by atoms with Gasteiger partial charge in [-0.3, -0.25) is 14.8 Å². The number of anilines is 1. The number of halogens is 1. The molecule has 3 rings (SSSR count). The summed E-state index contributed by atoms with van der Waals surface area (Å²) in [5.74, 6) is 0.542. The predicted molar refractivity (Wildman–Crippen MR) is 197 cm³/mol. The standard InChI is InChI=1S/C36H56BrN7O2/c1-10-13-15-18-36(7,17-14-11-2)23-46-35-41-31-25(6)30(37)32(40-24(4)5)27(12-3)29(31)33(42-35)44-20-16-19-39-26(22-44)21-28(38)34(45)43(8)9/h12,21,24H,10-11,13-20,22-23,38H2,1-9H3/b27-12-,28-21-,40-32?. The van der Waals surface area contributed by atoms with Crippen LogP contribution in [0.15, 0.2) is 32.3 Å². The van der Waals surface area contributed by atoms with Crippen molar-refractivity contribution in [3.63, 3.8) is 0 Å². The van der Waals surface area contributed by atoms with E-state index in [1.807, 2.05) is 6.92 Å². The van der Waals surface area contributed by atoms with Crippen LogP contribution in [0.4, 0.5) is 5.82 Å². The Hall–Kier alpha value is -3.01. The highest BCUT2D eigenvalue weighted by molar-refractivity contribution is 9.12. The first-order valence-corrected chi connectivity index (χ1v) is 17.8. The van der Waals surface area contributed by atoms with Gasteiger partial charge >= 0.3 is 6.01 Å². The average molecular weight is 699 g/mol. The van der Waals surface area contributed by atoms with Crippen molar-refractivity contribution in [3.8, 4) is 6.01 Å². The number of carbonyl (C=O) groups excluding carboxylic acids is 1. The zero-order valence-electron chi connectivity index (χ0n) is 29.7. The summed E-state index contributed by atoms with van der Waals surface area (Å²) in [6.45, 7) is 17.5. The molecular formula is C36H56BrN7O2. The van der Waals surface area contributed by atoms with Crippen molar-refractivity contribution in [2.24, 2.45) is 21.1 Å². The zero-order chi connectivity index (χ0) is 34.0. The molecular weight excluding hydrogens is 642 g/mol. The quantitative estimate of drug-likeness (QED) is 0.158. The number of amides is 1. The number of aliphatic imine (C=N–C) groups is 2. The van der Waals surface area contributed by atoms with Gasteiger partial charge < -0.3 is 20.3 Å². The van der Waals surface area contributed by atoms with Crippen molar-refractivity contribution in [2.45, 2.75) is 106 Å². The largest absolute Gasteiger partial charge is 0.463 e. The minimum absolute atomic E-state index is 0.0470. The minimum atomic E-state index is -0.241. The van der Waals surface area contributed by atoms with E-state index in [0.29, 0.717) is 25.7 Å². The first-order valence-electron chi connectivity index (χ1n) is 17.0. The molecule has 0 radical (unpaired) electrons. The third-order valence-corrected chi connectivity index (χ3v) is 9.53. The maximum absolute atomic E-state index is 12.6. The molecule has 1 aromatic rings. The van der Waals surface area contributed by atoms with Crippen LogP contribution in [0.1, 0.15) is 111 Å². The Bertz CT molecular complexity index is 1390. The molecule has 0 saturated carbocycles. The number of fused-ring (bicyclic) bond motifs is 1. The van der Waals surface area contributed by atoms with Crippen LogP contribution in [0.5, 0.6) is 6.01 Å². The molecule has 254 valence electrons. The van der Waals surface area contributed by atoms with Crippen molar-refractivity contribution in [1.82, 2.24) is 14.9 Å². The van der Waals surface area contributed by atoms with E-state index in [9.17, 15) is 4.79 Å². The molecule has 0 saturated heterocycles. The van der Waals surface area contributed by atoms with E-state index >= 15 is 0 Å². The summed E-state index contributed by atoms with van der Waals surface area (Å²) in [6, 6.07) is 0.485. The first-order chi connectivity index (χ1) is 21.8. The van der Waals surface area contributed by atoms with Crippen molar-refractivity contribution in [3.05, 3.63) is 33.6 Å². The van der Waals surface area contributed by atoms with Gasteiger partial charge in [-0.05, 0) is 74.5 Å². The van der Waals surface area contributed by atoms with Gasteiger partial charge in [0.05, 0.1) is 41.5 Å². The van der Waals surface area contributed by atoms with Gasteiger partial charge in [-0.15, -0.1) is 0 Å². The molecule has 2 heterocycles. The number of nitrogens with zero attached hydrogens (tertiary/aromatic N) is 6. The average Bonchev–Trinajstić information content (AvgIpc) is 3.26. The first kappa shape index (κ1) is 37.4. The van der Waals surface area contributed by atoms with E-state index in [0.717, 1.165) is 76.4 Å². The van der Waals surface area contributed by atoms with E-state index < -0.39 is 0 Å². The zero-order valence-corrected chi connectivity index (χ0v) is 31.3. The Balaban J connectivity index is 2.15. The number of allylic oxidation sites excluding steroid dienone is 4. The van der Waals surface area contributed by atoms with Gasteiger partial charge in [0.25, 0.3) is 5.91 Å². The van der Waals surface area contributed by atoms with Crippen LogP contribution < -0.4 is 15.4 Å². The lowest BCUT2D eigenvalue weighted by atomic mass is 9.81. The number of aromatic nitrogens is 2. The molecule has 0 bridgehead atoms. The third-order valence-electron chi connectivity index (χ3n) is 8.56. The Morgan fingerprint density at radius 2 is 1.87 bits per heavy atom. The fraction of sp³-hybridized carbons (Fsp3) is 0.639. The lowest BCUT2D eigenvalue weighted by Crippen LogP contribution is -2.33. The number of ether oxygens (including phenoxy) is 1. The minimum Gasteiger partial charge on any atom is -0.463 e. The van der Waals surface area contributed by atoms with Crippen LogP contribution in [-0.2, 0) is 4.79 Å². The number of unbranched alkanes of at least 4 members (excludes halogenated alkanes) is 3. The molecule has 1 aromatic heterocycles. The van der Waals surface area contributed by atoms with Gasteiger partial charge in [-0.1, -0.05) is 59.0 Å². The van der Waals surface area contributed by atoms with E-state index in [2.05, 4.69) is 68.4 Å². The van der Waals surface area contributed by atoms with E-state index in [1.54, 1.807) is 20.2 Å². The summed E-state index contributed by atoms with van der Waals surface area (Å²) in [7, 11) is 3.39. The van der Waals surface area contributed by atoms with Crippen molar-refractivity contribution < 1.29 is 9.53 Å². The van der Waals surface area contributed by atoms with Crippen LogP contribution >= 0.6 is 15.9 Å². The van der Waals surface area contributed by atoms with E-state index in [1.165, 1.54) is 30.6 Å². The van der Waals surface area contributed by atoms with Crippen LogP contribution in [0.3, 0.4) is 0 Å². The molecule has 2 aliphatic rings. The Labute approximate surface area is 285 Å². The summed E-state index contributed by atoms with van der Waals surface area (Å²) in [5.41, 5.74) is 11.8. The molecule has 1 amide bonds. The molecule has 1 atom stereocenters. The summed E-state index contributed by atoms with van der Waals surface area (Å²) in [4.78, 5) is 36.3. The summed E-state index contributed by atoms with van der Waals surface area (Å²) < 4.78 is 7.50. The predicted octanol–water partition coefficient (Wildman–Crippen LogP) is 7.61. The number of nitrogens with two attached hydrogens (primary N) is 1. The molecule has 2 N–H and O–H groups in total. The van der Waals surface area contributed by atoms with Gasteiger partial charge in [0, 0.05) is 48.7 Å². The molecule has 46 heavy (non-hydrogen) atoms. The fourth-order valence-electron chi connectivity index (χ4n) is 5.92. The van der Waals surface area contributed by atoms with Crippen molar-refractivity contribution >= 4 is 50.2 Å². The van der Waals surface area contributed by atoms with Crippen LogP contribution in [0, 0.1) is 5.41 Å². The molecule has 1 aliphatic carbocycles. The Morgan fingerprint density at radius 1 is 1.17 bits per heavy atom. The molecule has 10 heteroatoms. The van der Waals surface area contributed by atoms with E-state index in [-0.39, 0.29) is 23.1 Å². The molecule has 1 aliphatic heterocycles. The maximum atomic E-state index is 12.6. The topological polar surface area (TPSA) is 109 Å². The molecule has 0 aromatic carbocycles. The van der Waals surface area contributed by atoms with Crippen LogP contribution in [0.2, 0.25) is 0 Å². The Morgan fingerprint density at radius 3 is 2.50 bits per heavy atom. The van der Waals surface area contributed by atoms with E-state index in [4.69, 9.17) is 30.4 Å². The number of rotatable bonds is 14. The van der Waals surface area contributed by atoms with Gasteiger partial charge in [-0.2, -0.15) is 9.97 Å². The molecule has 1 unspecified atom stereocenters. The smallest absolute Gasteiger partial charge is 0.318 e. The lowest BCUT2D eigenvalue weighted by molar-refractivity contribution is -0.124. The highest BCUT2D eigenvalue weighted by Gasteiger charge is 2.33. The van der Waals surface area contributed by atoms with Gasteiger partial charge in [0.15, 0.2) is 0 Å². The Kier molecular flexibility index (Phi) is 14.0. The SMILES string of the molecule is C/C=C1\C(=NC(C)C)C(Br)=C(C)c2nc(OCC(C)(CCCC)CCCCC)nc(N3CCCN=C(/C=C(\N)C(=O)N(C)C)C3)c21. The summed E-state index contributed by atoms with van der Waals surface area (Å²) in [5, 5.41) is 0. The lowest BCUT2D eigenvalue weighted by Gasteiger charge is -2.32. The van der Waals surface area contributed by atoms with Crippen molar-refractivity contribution in [2.75, 3.05) is 45.2 Å². The molecule has 0 fully saturated rings. The maximum Gasteiger partial charge on any atom is 0.318 e. The summed E-state index contributed by atoms with van der Waals surface area (Å²) >= 11 is 3.87. The third kappa shape index (κ3) is 9.52. The molecule has 9 nitrogen and oxygen atoms in total. The highest BCUT2D eigenvalue weighted by Crippen LogP contribution is 2.43. The fourth-order valence-corrected chi connectivity index (χ4v) is 6.42. The second kappa shape index (κ2) is 17.2. The number of hydrogen-bond donors (Lipinski definition) is 1. The van der Waals surface area contributed by atoms with Crippen LogP contribution in [-0.4, -0.2) is 78.6 Å². The number of hydrogen-bond acceptors (Lipinski definition) is 8. The molecule has 0 spiro atoms. The number of carbonyl (C=O) groups is 1. The summed E-state index contributed by atoms with van der Waals surface area (Å²) in [6.07, 6.45) is 12.8.